The summed E-state index contributed by atoms with van der Waals surface area (Å²) < 4.78 is 6.38. The Hall–Kier alpha value is -1.33. The van der Waals surface area contributed by atoms with Gasteiger partial charge < -0.3 is 10.5 Å². The summed E-state index contributed by atoms with van der Waals surface area (Å²) in [6.07, 6.45) is 0. The number of aryl methyl sites for hydroxylation is 1. The van der Waals surface area contributed by atoms with E-state index >= 15 is 0 Å². The average Bonchev–Trinajstić information content (AvgIpc) is 2.72. The van der Waals surface area contributed by atoms with E-state index in [9.17, 15) is 4.79 Å². The molecule has 112 valence electrons. The zero-order valence-corrected chi connectivity index (χ0v) is 14.9. The molecule has 0 atom stereocenters. The van der Waals surface area contributed by atoms with Gasteiger partial charge in [0.1, 0.15) is 10.5 Å². The molecule has 0 saturated heterocycles. The van der Waals surface area contributed by atoms with E-state index in [1.165, 1.54) is 11.3 Å². The first-order valence-corrected chi connectivity index (χ1v) is 8.17. The van der Waals surface area contributed by atoms with Crippen LogP contribution in [0.2, 0.25) is 0 Å². The number of ether oxygens (including phenoxy) is 1. The fourth-order valence-corrected chi connectivity index (χ4v) is 3.28. The second-order valence-corrected chi connectivity index (χ2v) is 7.82. The van der Waals surface area contributed by atoms with Gasteiger partial charge in [-0.2, -0.15) is 0 Å². The summed E-state index contributed by atoms with van der Waals surface area (Å²) in [5, 5.41) is 0. The molecule has 0 saturated carbocycles. The van der Waals surface area contributed by atoms with Crippen molar-refractivity contribution < 1.29 is 9.53 Å². The summed E-state index contributed by atoms with van der Waals surface area (Å²) in [7, 11) is 0. The van der Waals surface area contributed by atoms with E-state index in [1.807, 2.05) is 52.0 Å². The first-order chi connectivity index (χ1) is 9.67. The molecule has 1 heterocycles. The second-order valence-electron chi connectivity index (χ2n) is 5.86. The quantitative estimate of drug-likeness (QED) is 0.757. The van der Waals surface area contributed by atoms with Crippen LogP contribution in [0.5, 0.6) is 0 Å². The number of nitrogens with two attached hydrogens (primary N) is 1. The highest BCUT2D eigenvalue weighted by Crippen LogP contribution is 2.37. The average molecular weight is 368 g/mol. The SMILES string of the molecule is Cc1ccc(Br)cc1-c1cc(N)c(C(=O)OC(C)(C)C)s1. The number of thiophene rings is 1. The van der Waals surface area contributed by atoms with E-state index in [0.29, 0.717) is 10.6 Å². The normalized spacial score (nSPS) is 11.5. The van der Waals surface area contributed by atoms with Crippen LogP contribution in [0.3, 0.4) is 0 Å². The van der Waals surface area contributed by atoms with Crippen LogP contribution in [-0.2, 0) is 4.74 Å². The molecule has 0 aliphatic carbocycles. The van der Waals surface area contributed by atoms with Gasteiger partial charge in [-0.05, 0) is 57.0 Å². The molecule has 0 unspecified atom stereocenters. The van der Waals surface area contributed by atoms with Gasteiger partial charge in [0.15, 0.2) is 0 Å². The zero-order chi connectivity index (χ0) is 15.8. The van der Waals surface area contributed by atoms with E-state index in [4.69, 9.17) is 10.5 Å². The number of hydrogen-bond donors (Lipinski definition) is 1. The van der Waals surface area contributed by atoms with Crippen molar-refractivity contribution in [2.24, 2.45) is 0 Å². The van der Waals surface area contributed by atoms with E-state index in [1.54, 1.807) is 0 Å². The van der Waals surface area contributed by atoms with Crippen LogP contribution < -0.4 is 5.73 Å². The smallest absolute Gasteiger partial charge is 0.350 e. The number of esters is 1. The highest BCUT2D eigenvalue weighted by Gasteiger charge is 2.22. The minimum atomic E-state index is -0.528. The van der Waals surface area contributed by atoms with Crippen LogP contribution in [-0.4, -0.2) is 11.6 Å². The van der Waals surface area contributed by atoms with Gasteiger partial charge in [-0.1, -0.05) is 22.0 Å². The van der Waals surface area contributed by atoms with Gasteiger partial charge in [0, 0.05) is 9.35 Å². The van der Waals surface area contributed by atoms with Crippen molar-refractivity contribution in [3.63, 3.8) is 0 Å². The van der Waals surface area contributed by atoms with Crippen molar-refractivity contribution in [2.45, 2.75) is 33.3 Å². The van der Waals surface area contributed by atoms with Crippen molar-refractivity contribution in [3.05, 3.63) is 39.2 Å². The fraction of sp³-hybridized carbons (Fsp3) is 0.312. The Bertz CT molecular complexity index is 686. The summed E-state index contributed by atoms with van der Waals surface area (Å²) in [4.78, 5) is 13.6. The monoisotopic (exact) mass is 367 g/mol. The van der Waals surface area contributed by atoms with E-state index < -0.39 is 5.60 Å². The summed E-state index contributed by atoms with van der Waals surface area (Å²) in [6, 6.07) is 7.88. The minimum absolute atomic E-state index is 0.371. The van der Waals surface area contributed by atoms with E-state index in [2.05, 4.69) is 15.9 Å². The standard InChI is InChI=1S/C16H18BrNO2S/c1-9-5-6-10(17)7-11(9)13-8-12(18)14(21-13)15(19)20-16(2,3)4/h5-8H,18H2,1-4H3. The maximum Gasteiger partial charge on any atom is 0.350 e. The molecule has 0 bridgehead atoms. The first kappa shape index (κ1) is 16.0. The Morgan fingerprint density at radius 1 is 1.29 bits per heavy atom. The number of halogens is 1. The predicted octanol–water partition coefficient (Wildman–Crippen LogP) is 5.02. The maximum atomic E-state index is 12.2. The van der Waals surface area contributed by atoms with Gasteiger partial charge in [0.2, 0.25) is 0 Å². The van der Waals surface area contributed by atoms with Crippen molar-refractivity contribution in [3.8, 4) is 10.4 Å². The summed E-state index contributed by atoms with van der Waals surface area (Å²) >= 11 is 4.83. The van der Waals surface area contributed by atoms with Crippen LogP contribution in [0.25, 0.3) is 10.4 Å². The molecular formula is C16H18BrNO2S. The van der Waals surface area contributed by atoms with Crippen LogP contribution in [0, 0.1) is 6.92 Å². The molecule has 2 rings (SSSR count). The number of benzene rings is 1. The Labute approximate surface area is 137 Å². The van der Waals surface area contributed by atoms with Gasteiger partial charge in [-0.3, -0.25) is 0 Å². The third kappa shape index (κ3) is 3.86. The number of rotatable bonds is 2. The number of carbonyl (C=O) groups excluding carboxylic acids is 1. The molecule has 0 spiro atoms. The molecule has 3 nitrogen and oxygen atoms in total. The Morgan fingerprint density at radius 2 is 1.95 bits per heavy atom. The van der Waals surface area contributed by atoms with Crippen LogP contribution >= 0.6 is 27.3 Å². The fourth-order valence-electron chi connectivity index (χ4n) is 1.88. The van der Waals surface area contributed by atoms with Gasteiger partial charge in [0.05, 0.1) is 5.69 Å². The topological polar surface area (TPSA) is 52.3 Å². The van der Waals surface area contributed by atoms with Crippen molar-refractivity contribution >= 4 is 38.9 Å². The molecule has 0 amide bonds. The first-order valence-electron chi connectivity index (χ1n) is 6.56. The van der Waals surface area contributed by atoms with Crippen molar-refractivity contribution in [1.82, 2.24) is 0 Å². The second kappa shape index (κ2) is 5.81. The predicted molar refractivity (Wildman–Crippen MR) is 91.8 cm³/mol. The lowest BCUT2D eigenvalue weighted by Gasteiger charge is -2.18. The molecule has 0 radical (unpaired) electrons. The molecular weight excluding hydrogens is 350 g/mol. The number of carbonyl (C=O) groups is 1. The Morgan fingerprint density at radius 3 is 2.57 bits per heavy atom. The molecule has 5 heteroatoms. The van der Waals surface area contributed by atoms with Gasteiger partial charge >= 0.3 is 5.97 Å². The van der Waals surface area contributed by atoms with E-state index in [-0.39, 0.29) is 5.97 Å². The molecule has 1 aromatic carbocycles. The van der Waals surface area contributed by atoms with Crippen molar-refractivity contribution in [2.75, 3.05) is 5.73 Å². The number of hydrogen-bond acceptors (Lipinski definition) is 4. The molecule has 0 aliphatic rings. The lowest BCUT2D eigenvalue weighted by molar-refractivity contribution is 0.00764. The van der Waals surface area contributed by atoms with Crippen LogP contribution in [0.15, 0.2) is 28.7 Å². The zero-order valence-electron chi connectivity index (χ0n) is 12.5. The third-order valence-corrected chi connectivity index (χ3v) is 4.47. The van der Waals surface area contributed by atoms with Crippen LogP contribution in [0.1, 0.15) is 36.0 Å². The highest BCUT2D eigenvalue weighted by atomic mass is 79.9. The summed E-state index contributed by atoms with van der Waals surface area (Å²) in [5.41, 5.74) is 8.12. The van der Waals surface area contributed by atoms with Gasteiger partial charge in [0.25, 0.3) is 0 Å². The number of anilines is 1. The maximum absolute atomic E-state index is 12.2. The summed E-state index contributed by atoms with van der Waals surface area (Å²) in [6.45, 7) is 7.56. The molecule has 0 fully saturated rings. The molecule has 2 aromatic rings. The molecule has 1 aromatic heterocycles. The van der Waals surface area contributed by atoms with Gasteiger partial charge in [-0.15, -0.1) is 11.3 Å². The molecule has 0 aliphatic heterocycles. The van der Waals surface area contributed by atoms with Crippen LogP contribution in [0.4, 0.5) is 5.69 Å². The lowest BCUT2D eigenvalue weighted by Crippen LogP contribution is -2.23. The summed E-state index contributed by atoms with van der Waals surface area (Å²) in [5.74, 6) is -0.371. The largest absolute Gasteiger partial charge is 0.456 e. The molecule has 2 N–H and O–H groups in total. The number of nitrogen functional groups attached to an aromatic ring is 1. The Balaban J connectivity index is 2.39. The minimum Gasteiger partial charge on any atom is -0.456 e. The Kier molecular flexibility index (Phi) is 4.44. The highest BCUT2D eigenvalue weighted by molar-refractivity contribution is 9.10. The molecule has 21 heavy (non-hydrogen) atoms. The third-order valence-electron chi connectivity index (χ3n) is 2.81. The van der Waals surface area contributed by atoms with Gasteiger partial charge in [-0.25, -0.2) is 4.79 Å². The van der Waals surface area contributed by atoms with Crippen molar-refractivity contribution in [1.29, 1.82) is 0 Å². The van der Waals surface area contributed by atoms with E-state index in [0.717, 1.165) is 20.5 Å². The lowest BCUT2D eigenvalue weighted by atomic mass is 10.1.